The van der Waals surface area contributed by atoms with Crippen molar-refractivity contribution in [2.24, 2.45) is 17.6 Å². The molecule has 1 aliphatic rings. The molecule has 0 saturated carbocycles. The van der Waals surface area contributed by atoms with E-state index in [-0.39, 0.29) is 31.7 Å². The zero-order valence-electron chi connectivity index (χ0n) is 27.0. The first-order valence-corrected chi connectivity index (χ1v) is 16.6. The standard InChI is InChI=1S/C34H42Cl2FN5O5/c1-5-18(3)27(30(38)43)40-32(45)34(13-11-26-23(17-34)22-15-21(35)16-24(36)28(22)39-26)41-31(44)29(19(4)6-2)42(33(46)47)14-12-20-9-7-8-10-25(20)37/h7-10,15-16,18-19,27,29,39H,5-6,11-14,17H2,1-4H3,(H2,38,43)(H,40,45)(H,41,44)(H,46,47)/t18?,19?,27?,29?,34-/m1/s1. The van der Waals surface area contributed by atoms with Gasteiger partial charge in [-0.25, -0.2) is 9.18 Å². The highest BCUT2D eigenvalue weighted by Gasteiger charge is 2.47. The molecule has 3 aromatic rings. The second-order valence-corrected chi connectivity index (χ2v) is 13.4. The normalized spacial score (nSPS) is 18.4. The zero-order chi connectivity index (χ0) is 34.6. The van der Waals surface area contributed by atoms with E-state index in [9.17, 15) is 28.7 Å². The summed E-state index contributed by atoms with van der Waals surface area (Å²) >= 11 is 12.8. The molecule has 1 aliphatic carbocycles. The molecule has 13 heteroatoms. The summed E-state index contributed by atoms with van der Waals surface area (Å²) in [6.07, 6.45) is 0.179. The first kappa shape index (κ1) is 36.0. The van der Waals surface area contributed by atoms with Crippen molar-refractivity contribution in [3.05, 3.63) is 69.1 Å². The minimum absolute atomic E-state index is 0.0120. The lowest BCUT2D eigenvalue weighted by atomic mass is 9.78. The fourth-order valence-electron chi connectivity index (χ4n) is 6.37. The van der Waals surface area contributed by atoms with Crippen molar-refractivity contribution in [3.8, 4) is 0 Å². The fraction of sp³-hybridized carbons (Fsp3) is 0.471. The molecule has 6 N–H and O–H groups in total. The average Bonchev–Trinajstić information content (AvgIpc) is 3.39. The number of nitrogens with zero attached hydrogens (tertiary/aromatic N) is 1. The predicted octanol–water partition coefficient (Wildman–Crippen LogP) is 5.61. The fourth-order valence-corrected chi connectivity index (χ4v) is 6.91. The smallest absolute Gasteiger partial charge is 0.407 e. The first-order valence-electron chi connectivity index (χ1n) is 15.9. The molecule has 4 amide bonds. The van der Waals surface area contributed by atoms with Crippen LogP contribution in [0.4, 0.5) is 9.18 Å². The molecule has 4 rings (SSSR count). The number of fused-ring (bicyclic) bond motifs is 3. The van der Waals surface area contributed by atoms with E-state index in [2.05, 4.69) is 15.6 Å². The van der Waals surface area contributed by atoms with Gasteiger partial charge in [0.25, 0.3) is 0 Å². The summed E-state index contributed by atoms with van der Waals surface area (Å²) in [6.45, 7) is 7.10. The van der Waals surface area contributed by atoms with Crippen LogP contribution in [0.3, 0.4) is 0 Å². The summed E-state index contributed by atoms with van der Waals surface area (Å²) in [6, 6.07) is 7.20. The Bertz CT molecular complexity index is 1670. The molecule has 5 atom stereocenters. The molecule has 1 heterocycles. The van der Waals surface area contributed by atoms with Gasteiger partial charge in [-0.05, 0) is 60.4 Å². The van der Waals surface area contributed by atoms with Crippen molar-refractivity contribution in [2.75, 3.05) is 6.54 Å². The van der Waals surface area contributed by atoms with Crippen LogP contribution in [0.25, 0.3) is 10.9 Å². The molecule has 0 aliphatic heterocycles. The molecule has 47 heavy (non-hydrogen) atoms. The molecule has 4 unspecified atom stereocenters. The Morgan fingerprint density at radius 2 is 1.79 bits per heavy atom. The number of carbonyl (C=O) groups is 4. The summed E-state index contributed by atoms with van der Waals surface area (Å²) < 4.78 is 14.4. The van der Waals surface area contributed by atoms with Gasteiger partial charge in [-0.2, -0.15) is 0 Å². The number of nitrogens with two attached hydrogens (primary N) is 1. The van der Waals surface area contributed by atoms with Gasteiger partial charge in [-0.15, -0.1) is 0 Å². The van der Waals surface area contributed by atoms with Gasteiger partial charge in [0, 0.05) is 29.1 Å². The molecule has 0 bridgehead atoms. The number of hydrogen-bond acceptors (Lipinski definition) is 4. The van der Waals surface area contributed by atoms with Gasteiger partial charge in [0.15, 0.2) is 0 Å². The lowest BCUT2D eigenvalue weighted by Gasteiger charge is -2.41. The van der Waals surface area contributed by atoms with Crippen LogP contribution in [0.15, 0.2) is 36.4 Å². The van der Waals surface area contributed by atoms with Gasteiger partial charge in [-0.3, -0.25) is 19.3 Å². The van der Waals surface area contributed by atoms with Gasteiger partial charge >= 0.3 is 6.09 Å². The van der Waals surface area contributed by atoms with Crippen molar-refractivity contribution in [3.63, 3.8) is 0 Å². The van der Waals surface area contributed by atoms with Crippen molar-refractivity contribution >= 4 is 57.9 Å². The first-order chi connectivity index (χ1) is 22.2. The molecular formula is C34H42Cl2FN5O5. The van der Waals surface area contributed by atoms with Gasteiger partial charge in [-0.1, -0.05) is 81.9 Å². The van der Waals surface area contributed by atoms with E-state index in [1.807, 2.05) is 13.8 Å². The Balaban J connectivity index is 1.76. The minimum Gasteiger partial charge on any atom is -0.465 e. The molecule has 0 fully saturated rings. The van der Waals surface area contributed by atoms with E-state index in [4.69, 9.17) is 28.9 Å². The second kappa shape index (κ2) is 14.9. The lowest BCUT2D eigenvalue weighted by Crippen LogP contribution is -2.67. The van der Waals surface area contributed by atoms with Crippen LogP contribution >= 0.6 is 23.2 Å². The maximum atomic E-state index is 14.4. The highest BCUT2D eigenvalue weighted by atomic mass is 35.5. The number of carboxylic acid groups (broad SMARTS) is 1. The van der Waals surface area contributed by atoms with E-state index in [1.165, 1.54) is 6.07 Å². The minimum atomic E-state index is -1.59. The highest BCUT2D eigenvalue weighted by Crippen LogP contribution is 2.38. The van der Waals surface area contributed by atoms with Crippen molar-refractivity contribution < 1.29 is 28.7 Å². The molecule has 10 nitrogen and oxygen atoms in total. The Morgan fingerprint density at radius 3 is 2.40 bits per heavy atom. The molecule has 254 valence electrons. The quantitative estimate of drug-likeness (QED) is 0.158. The van der Waals surface area contributed by atoms with E-state index in [0.29, 0.717) is 45.8 Å². The van der Waals surface area contributed by atoms with Crippen LogP contribution in [0.1, 0.15) is 63.8 Å². The predicted molar refractivity (Wildman–Crippen MR) is 180 cm³/mol. The second-order valence-electron chi connectivity index (χ2n) is 12.5. The zero-order valence-corrected chi connectivity index (χ0v) is 28.5. The number of halogens is 3. The number of rotatable bonds is 13. The summed E-state index contributed by atoms with van der Waals surface area (Å²) in [5.74, 6) is -3.22. The summed E-state index contributed by atoms with van der Waals surface area (Å²) in [4.78, 5) is 58.1. The Kier molecular flexibility index (Phi) is 11.4. The van der Waals surface area contributed by atoms with Gasteiger partial charge in [0.2, 0.25) is 17.7 Å². The summed E-state index contributed by atoms with van der Waals surface area (Å²) in [5.41, 5.74) is 6.62. The molecule has 0 saturated heterocycles. The number of amides is 4. The largest absolute Gasteiger partial charge is 0.465 e. The van der Waals surface area contributed by atoms with E-state index >= 15 is 0 Å². The lowest BCUT2D eigenvalue weighted by molar-refractivity contribution is -0.139. The van der Waals surface area contributed by atoms with E-state index in [1.54, 1.807) is 44.2 Å². The SMILES string of the molecule is CCC(C)C(NC(=O)[C@@]1(NC(=O)C(C(C)CC)N(CCc2ccccc2F)C(=O)O)CCc2[nH]c3c(Cl)cc(Cl)cc3c2C1)C(N)=O. The molecule has 1 aromatic heterocycles. The average molecular weight is 691 g/mol. The Hall–Kier alpha value is -3.83. The van der Waals surface area contributed by atoms with Crippen molar-refractivity contribution in [2.45, 2.75) is 83.8 Å². The molecule has 0 spiro atoms. The molecule has 0 radical (unpaired) electrons. The van der Waals surface area contributed by atoms with E-state index < -0.39 is 53.2 Å². The van der Waals surface area contributed by atoms with Gasteiger partial charge in [0.1, 0.15) is 23.4 Å². The van der Waals surface area contributed by atoms with Gasteiger partial charge in [0.05, 0.1) is 10.5 Å². The highest BCUT2D eigenvalue weighted by molar-refractivity contribution is 6.38. The Morgan fingerprint density at radius 1 is 1.11 bits per heavy atom. The molecule has 2 aromatic carbocycles. The number of carbonyl (C=O) groups excluding carboxylic acids is 3. The van der Waals surface area contributed by atoms with Crippen LogP contribution in [-0.2, 0) is 33.6 Å². The maximum absolute atomic E-state index is 14.4. The number of primary amides is 1. The number of aryl methyl sites for hydroxylation is 1. The summed E-state index contributed by atoms with van der Waals surface area (Å²) in [5, 5.41) is 17.5. The van der Waals surface area contributed by atoms with Crippen molar-refractivity contribution in [1.29, 1.82) is 0 Å². The van der Waals surface area contributed by atoms with Crippen LogP contribution in [0, 0.1) is 17.7 Å². The van der Waals surface area contributed by atoms with Crippen LogP contribution in [0.2, 0.25) is 10.0 Å². The van der Waals surface area contributed by atoms with Crippen LogP contribution < -0.4 is 16.4 Å². The number of benzene rings is 2. The Labute approximate surface area is 283 Å². The van der Waals surface area contributed by atoms with Crippen molar-refractivity contribution in [1.82, 2.24) is 20.5 Å². The topological polar surface area (TPSA) is 158 Å². The van der Waals surface area contributed by atoms with Crippen LogP contribution in [-0.4, -0.2) is 63.0 Å². The molecular weight excluding hydrogens is 648 g/mol. The third-order valence-electron chi connectivity index (χ3n) is 9.52. The van der Waals surface area contributed by atoms with E-state index in [0.717, 1.165) is 16.2 Å². The monoisotopic (exact) mass is 689 g/mol. The number of nitrogens with one attached hydrogen (secondary N) is 3. The number of aromatic nitrogens is 1. The summed E-state index contributed by atoms with van der Waals surface area (Å²) in [7, 11) is 0. The number of hydrogen-bond donors (Lipinski definition) is 5. The number of aromatic amines is 1. The number of H-pyrrole nitrogens is 1. The third-order valence-corrected chi connectivity index (χ3v) is 10.0. The van der Waals surface area contributed by atoms with Crippen LogP contribution in [0.5, 0.6) is 0 Å². The third kappa shape index (κ3) is 7.67. The van der Waals surface area contributed by atoms with Gasteiger partial charge < -0.3 is 26.5 Å². The maximum Gasteiger partial charge on any atom is 0.407 e.